The minimum absolute atomic E-state index is 0.274. The molecule has 1 fully saturated rings. The Morgan fingerprint density at radius 3 is 2.25 bits per heavy atom. The van der Waals surface area contributed by atoms with E-state index in [0.717, 1.165) is 0 Å². The first-order chi connectivity index (χ1) is 9.40. The fourth-order valence-electron chi connectivity index (χ4n) is 1.83. The monoisotopic (exact) mass is 285 g/mol. The predicted molar refractivity (Wildman–Crippen MR) is 65.8 cm³/mol. The molecule has 0 aliphatic carbocycles. The summed E-state index contributed by atoms with van der Waals surface area (Å²) >= 11 is 0. The second-order valence-corrected chi connectivity index (χ2v) is 4.42. The van der Waals surface area contributed by atoms with E-state index in [1.807, 2.05) is 0 Å². The van der Waals surface area contributed by atoms with E-state index in [4.69, 9.17) is 20.3 Å². The van der Waals surface area contributed by atoms with Gasteiger partial charge in [-0.15, -0.1) is 0 Å². The van der Waals surface area contributed by atoms with Crippen molar-refractivity contribution in [2.24, 2.45) is 0 Å². The molecule has 0 bridgehead atoms. The van der Waals surface area contributed by atoms with Crippen molar-refractivity contribution < 1.29 is 34.7 Å². The van der Waals surface area contributed by atoms with Crippen LogP contribution in [-0.4, -0.2) is 57.1 Å². The number of aliphatic hydroxyl groups excluding tert-OH is 3. The molecule has 2 rings (SSSR count). The highest BCUT2D eigenvalue weighted by Crippen LogP contribution is 2.24. The van der Waals surface area contributed by atoms with Gasteiger partial charge in [0.1, 0.15) is 24.1 Å². The highest BCUT2D eigenvalue weighted by molar-refractivity contribution is 5.73. The van der Waals surface area contributed by atoms with Gasteiger partial charge in [-0.1, -0.05) is 0 Å². The van der Waals surface area contributed by atoms with Crippen LogP contribution in [0.4, 0.5) is 5.69 Å². The van der Waals surface area contributed by atoms with Crippen LogP contribution < -0.4 is 10.5 Å². The zero-order chi connectivity index (χ0) is 14.9. The third-order valence-electron chi connectivity index (χ3n) is 2.95. The van der Waals surface area contributed by atoms with Gasteiger partial charge in [-0.25, -0.2) is 4.79 Å². The Balaban J connectivity index is 2.13. The first kappa shape index (κ1) is 14.5. The Morgan fingerprint density at radius 1 is 1.10 bits per heavy atom. The van der Waals surface area contributed by atoms with Gasteiger partial charge >= 0.3 is 5.97 Å². The van der Waals surface area contributed by atoms with E-state index < -0.39 is 36.7 Å². The van der Waals surface area contributed by atoms with Crippen molar-refractivity contribution >= 4 is 11.7 Å². The van der Waals surface area contributed by atoms with Gasteiger partial charge in [0.15, 0.2) is 6.10 Å². The first-order valence-electron chi connectivity index (χ1n) is 5.85. The quantitative estimate of drug-likeness (QED) is 0.424. The lowest BCUT2D eigenvalue weighted by atomic mass is 9.99. The lowest BCUT2D eigenvalue weighted by Crippen LogP contribution is -2.61. The molecule has 0 unspecified atom stereocenters. The fourth-order valence-corrected chi connectivity index (χ4v) is 1.83. The van der Waals surface area contributed by atoms with E-state index in [1.54, 1.807) is 12.1 Å². The number of carbonyl (C=O) groups is 1. The summed E-state index contributed by atoms with van der Waals surface area (Å²) in [7, 11) is 0. The molecule has 1 aromatic rings. The smallest absolute Gasteiger partial charge is 0.335 e. The number of hydrogen-bond donors (Lipinski definition) is 5. The van der Waals surface area contributed by atoms with Crippen LogP contribution in [0.15, 0.2) is 24.3 Å². The lowest BCUT2D eigenvalue weighted by molar-refractivity contribution is -0.271. The van der Waals surface area contributed by atoms with Crippen molar-refractivity contribution in [2.45, 2.75) is 30.7 Å². The minimum atomic E-state index is -1.74. The van der Waals surface area contributed by atoms with Gasteiger partial charge in [-0.2, -0.15) is 0 Å². The SMILES string of the molecule is Nc1ccc(O[C@H]2O[C@@H](C(=O)O)[C@H](O)[C@@H](O)[C@@H]2O)cc1. The van der Waals surface area contributed by atoms with E-state index in [0.29, 0.717) is 5.69 Å². The number of aliphatic carboxylic acids is 1. The Labute approximate surface area is 114 Å². The maximum absolute atomic E-state index is 10.9. The average Bonchev–Trinajstić information content (AvgIpc) is 2.41. The number of nitrogen functional groups attached to an aromatic ring is 1. The van der Waals surface area contributed by atoms with E-state index in [1.165, 1.54) is 12.1 Å². The second-order valence-electron chi connectivity index (χ2n) is 4.42. The molecule has 5 atom stereocenters. The van der Waals surface area contributed by atoms with Crippen molar-refractivity contribution in [1.29, 1.82) is 0 Å². The number of benzene rings is 1. The van der Waals surface area contributed by atoms with Gasteiger partial charge in [0.05, 0.1) is 0 Å². The van der Waals surface area contributed by atoms with Gasteiger partial charge in [0.25, 0.3) is 0 Å². The van der Waals surface area contributed by atoms with Crippen LogP contribution in [0, 0.1) is 0 Å². The maximum Gasteiger partial charge on any atom is 0.335 e. The molecule has 1 saturated heterocycles. The Kier molecular flexibility index (Phi) is 4.09. The molecular formula is C12H15NO7. The third kappa shape index (κ3) is 2.83. The van der Waals surface area contributed by atoms with Crippen LogP contribution in [-0.2, 0) is 9.53 Å². The van der Waals surface area contributed by atoms with Crippen LogP contribution in [0.5, 0.6) is 5.75 Å². The molecule has 20 heavy (non-hydrogen) atoms. The highest BCUT2D eigenvalue weighted by atomic mass is 16.7. The van der Waals surface area contributed by atoms with Gasteiger partial charge in [0, 0.05) is 5.69 Å². The van der Waals surface area contributed by atoms with Crippen molar-refractivity contribution in [3.63, 3.8) is 0 Å². The highest BCUT2D eigenvalue weighted by Gasteiger charge is 2.48. The number of hydrogen-bond acceptors (Lipinski definition) is 7. The molecule has 0 aromatic heterocycles. The summed E-state index contributed by atoms with van der Waals surface area (Å²) in [5, 5.41) is 37.8. The molecule has 0 radical (unpaired) electrons. The summed E-state index contributed by atoms with van der Waals surface area (Å²) in [5.74, 6) is -1.19. The molecule has 0 spiro atoms. The maximum atomic E-state index is 10.9. The lowest BCUT2D eigenvalue weighted by Gasteiger charge is -2.38. The van der Waals surface area contributed by atoms with E-state index >= 15 is 0 Å². The van der Waals surface area contributed by atoms with Crippen molar-refractivity contribution in [2.75, 3.05) is 5.73 Å². The molecule has 0 amide bonds. The topological polar surface area (TPSA) is 142 Å². The average molecular weight is 285 g/mol. The Hall–Kier alpha value is -1.87. The number of rotatable bonds is 3. The molecule has 1 aliphatic heterocycles. The molecular weight excluding hydrogens is 270 g/mol. The predicted octanol–water partition coefficient (Wildman–Crippen LogP) is -1.46. The van der Waals surface area contributed by atoms with Crippen molar-refractivity contribution in [1.82, 2.24) is 0 Å². The molecule has 6 N–H and O–H groups in total. The summed E-state index contributed by atoms with van der Waals surface area (Å²) in [4.78, 5) is 10.9. The Bertz CT molecular complexity index is 477. The van der Waals surface area contributed by atoms with Crippen molar-refractivity contribution in [3.8, 4) is 5.75 Å². The third-order valence-corrected chi connectivity index (χ3v) is 2.95. The van der Waals surface area contributed by atoms with E-state index in [-0.39, 0.29) is 5.75 Å². The summed E-state index contributed by atoms with van der Waals surface area (Å²) in [6.07, 6.45) is -8.12. The fraction of sp³-hybridized carbons (Fsp3) is 0.417. The van der Waals surface area contributed by atoms with Gasteiger partial charge < -0.3 is 35.6 Å². The number of aliphatic hydroxyl groups is 3. The largest absolute Gasteiger partial charge is 0.479 e. The summed E-state index contributed by atoms with van der Waals surface area (Å²) in [6, 6.07) is 6.09. The number of nitrogens with two attached hydrogens (primary N) is 1. The van der Waals surface area contributed by atoms with Gasteiger partial charge in [0.2, 0.25) is 6.29 Å². The first-order valence-corrected chi connectivity index (χ1v) is 5.85. The second kappa shape index (κ2) is 5.63. The van der Waals surface area contributed by atoms with Crippen LogP contribution in [0.3, 0.4) is 0 Å². The number of ether oxygens (including phenoxy) is 2. The summed E-state index contributed by atoms with van der Waals surface area (Å²) in [6.45, 7) is 0. The summed E-state index contributed by atoms with van der Waals surface area (Å²) in [5.41, 5.74) is 6.00. The van der Waals surface area contributed by atoms with E-state index in [2.05, 4.69) is 0 Å². The van der Waals surface area contributed by atoms with Crippen LogP contribution >= 0.6 is 0 Å². The molecule has 0 saturated carbocycles. The number of carboxylic acid groups (broad SMARTS) is 1. The Morgan fingerprint density at radius 2 is 1.70 bits per heavy atom. The van der Waals surface area contributed by atoms with Gasteiger partial charge in [-0.05, 0) is 24.3 Å². The molecule has 1 heterocycles. The molecule has 1 aromatic carbocycles. The zero-order valence-corrected chi connectivity index (χ0v) is 10.3. The molecule has 8 nitrogen and oxygen atoms in total. The zero-order valence-electron chi connectivity index (χ0n) is 10.3. The van der Waals surface area contributed by atoms with Gasteiger partial charge in [-0.3, -0.25) is 0 Å². The van der Waals surface area contributed by atoms with Crippen LogP contribution in [0.2, 0.25) is 0 Å². The number of carboxylic acids is 1. The van der Waals surface area contributed by atoms with Crippen LogP contribution in [0.25, 0.3) is 0 Å². The van der Waals surface area contributed by atoms with E-state index in [9.17, 15) is 20.1 Å². The standard InChI is InChI=1S/C12H15NO7/c13-5-1-3-6(4-2-5)19-12-9(16)7(14)8(15)10(20-12)11(17)18/h1-4,7-10,12,14-16H,13H2,(H,17,18)/t7-,8-,9+,10-,12+/m1/s1. The van der Waals surface area contributed by atoms with Crippen LogP contribution in [0.1, 0.15) is 0 Å². The molecule has 110 valence electrons. The summed E-state index contributed by atoms with van der Waals surface area (Å²) < 4.78 is 10.2. The van der Waals surface area contributed by atoms with Crippen molar-refractivity contribution in [3.05, 3.63) is 24.3 Å². The normalized spacial score (nSPS) is 33.6. The molecule has 1 aliphatic rings. The molecule has 8 heteroatoms. The minimum Gasteiger partial charge on any atom is -0.479 e. The number of anilines is 1.